The summed E-state index contributed by atoms with van der Waals surface area (Å²) in [4.78, 5) is 0. The molecular formula is C15H14ClNO3. The fourth-order valence-corrected chi connectivity index (χ4v) is 2.26. The SMILES string of the molecule is Cc1ccc(Cl)c(NCc2cc3c(cc2O)OCO3)c1. The number of fused-ring (bicyclic) bond motifs is 1. The first-order valence-electron chi connectivity index (χ1n) is 6.25. The first-order valence-corrected chi connectivity index (χ1v) is 6.63. The van der Waals surface area contributed by atoms with E-state index in [1.807, 2.05) is 25.1 Å². The molecule has 0 radical (unpaired) electrons. The molecule has 0 bridgehead atoms. The van der Waals surface area contributed by atoms with Crippen molar-refractivity contribution in [2.45, 2.75) is 13.5 Å². The highest BCUT2D eigenvalue weighted by Crippen LogP contribution is 2.38. The topological polar surface area (TPSA) is 50.7 Å². The molecule has 0 atom stereocenters. The van der Waals surface area contributed by atoms with Crippen molar-refractivity contribution in [2.24, 2.45) is 0 Å². The van der Waals surface area contributed by atoms with Crippen LogP contribution in [0.3, 0.4) is 0 Å². The van der Waals surface area contributed by atoms with Crippen molar-refractivity contribution in [2.75, 3.05) is 12.1 Å². The van der Waals surface area contributed by atoms with Gasteiger partial charge in [-0.25, -0.2) is 0 Å². The fraction of sp³-hybridized carbons (Fsp3) is 0.200. The van der Waals surface area contributed by atoms with Crippen molar-refractivity contribution >= 4 is 17.3 Å². The van der Waals surface area contributed by atoms with Gasteiger partial charge in [-0.1, -0.05) is 17.7 Å². The van der Waals surface area contributed by atoms with Gasteiger partial charge in [-0.05, 0) is 30.7 Å². The van der Waals surface area contributed by atoms with Crippen LogP contribution in [0.2, 0.25) is 5.02 Å². The predicted molar refractivity (Wildman–Crippen MR) is 77.7 cm³/mol. The summed E-state index contributed by atoms with van der Waals surface area (Å²) >= 11 is 6.13. The zero-order chi connectivity index (χ0) is 14.1. The van der Waals surface area contributed by atoms with Crippen molar-refractivity contribution < 1.29 is 14.6 Å². The normalized spacial score (nSPS) is 12.5. The molecule has 0 saturated heterocycles. The summed E-state index contributed by atoms with van der Waals surface area (Å²) < 4.78 is 10.5. The quantitative estimate of drug-likeness (QED) is 0.905. The summed E-state index contributed by atoms with van der Waals surface area (Å²) in [5, 5.41) is 13.8. The van der Waals surface area contributed by atoms with Crippen LogP contribution in [0.1, 0.15) is 11.1 Å². The number of hydrogen-bond donors (Lipinski definition) is 2. The maximum atomic E-state index is 9.97. The van der Waals surface area contributed by atoms with Gasteiger partial charge in [-0.2, -0.15) is 0 Å². The van der Waals surface area contributed by atoms with Crippen molar-refractivity contribution in [3.63, 3.8) is 0 Å². The Labute approximate surface area is 121 Å². The summed E-state index contributed by atoms with van der Waals surface area (Å²) in [5.74, 6) is 1.39. The second-order valence-electron chi connectivity index (χ2n) is 4.67. The van der Waals surface area contributed by atoms with Crippen molar-refractivity contribution in [3.05, 3.63) is 46.5 Å². The minimum absolute atomic E-state index is 0.172. The number of nitrogens with one attached hydrogen (secondary N) is 1. The lowest BCUT2D eigenvalue weighted by atomic mass is 10.1. The van der Waals surface area contributed by atoms with E-state index in [-0.39, 0.29) is 12.5 Å². The Morgan fingerprint density at radius 2 is 1.95 bits per heavy atom. The minimum atomic E-state index is 0.172. The van der Waals surface area contributed by atoms with Gasteiger partial charge < -0.3 is 19.9 Å². The van der Waals surface area contributed by atoms with E-state index in [1.165, 1.54) is 0 Å². The molecule has 0 saturated carbocycles. The van der Waals surface area contributed by atoms with E-state index in [4.69, 9.17) is 21.1 Å². The third-order valence-electron chi connectivity index (χ3n) is 3.16. The number of rotatable bonds is 3. The Morgan fingerprint density at radius 1 is 1.20 bits per heavy atom. The van der Waals surface area contributed by atoms with Gasteiger partial charge in [0.15, 0.2) is 11.5 Å². The van der Waals surface area contributed by atoms with E-state index in [2.05, 4.69) is 5.32 Å². The van der Waals surface area contributed by atoms with Gasteiger partial charge in [0.25, 0.3) is 0 Å². The molecule has 4 nitrogen and oxygen atoms in total. The Hall–Kier alpha value is -2.07. The smallest absolute Gasteiger partial charge is 0.231 e. The average molecular weight is 292 g/mol. The van der Waals surface area contributed by atoms with E-state index >= 15 is 0 Å². The lowest BCUT2D eigenvalue weighted by Gasteiger charge is -2.11. The molecule has 1 heterocycles. The molecule has 1 aliphatic rings. The number of halogens is 1. The van der Waals surface area contributed by atoms with Crippen LogP contribution in [-0.4, -0.2) is 11.9 Å². The van der Waals surface area contributed by atoms with Gasteiger partial charge in [0.1, 0.15) is 5.75 Å². The van der Waals surface area contributed by atoms with Crippen molar-refractivity contribution in [3.8, 4) is 17.2 Å². The monoisotopic (exact) mass is 291 g/mol. The highest BCUT2D eigenvalue weighted by atomic mass is 35.5. The van der Waals surface area contributed by atoms with Gasteiger partial charge in [0.2, 0.25) is 6.79 Å². The van der Waals surface area contributed by atoms with Gasteiger partial charge in [-0.3, -0.25) is 0 Å². The molecule has 0 aliphatic carbocycles. The molecule has 0 aromatic heterocycles. The molecule has 3 rings (SSSR count). The second kappa shape index (κ2) is 5.13. The predicted octanol–water partition coefficient (Wildman–Crippen LogP) is 3.69. The van der Waals surface area contributed by atoms with E-state index in [9.17, 15) is 5.11 Å². The fourth-order valence-electron chi connectivity index (χ4n) is 2.08. The second-order valence-corrected chi connectivity index (χ2v) is 5.08. The number of hydrogen-bond acceptors (Lipinski definition) is 4. The molecular weight excluding hydrogens is 278 g/mol. The number of ether oxygens (including phenoxy) is 2. The highest BCUT2D eigenvalue weighted by Gasteiger charge is 2.16. The molecule has 0 amide bonds. The third kappa shape index (κ3) is 2.47. The van der Waals surface area contributed by atoms with Crippen LogP contribution in [0.5, 0.6) is 17.2 Å². The maximum absolute atomic E-state index is 9.97. The molecule has 20 heavy (non-hydrogen) atoms. The molecule has 2 N–H and O–H groups in total. The molecule has 0 spiro atoms. The first kappa shape index (κ1) is 12.9. The summed E-state index contributed by atoms with van der Waals surface area (Å²) in [6.45, 7) is 2.64. The molecule has 1 aliphatic heterocycles. The van der Waals surface area contributed by atoms with E-state index in [0.717, 1.165) is 16.8 Å². The van der Waals surface area contributed by atoms with Gasteiger partial charge in [0.05, 0.1) is 10.7 Å². The number of benzene rings is 2. The first-order chi connectivity index (χ1) is 9.63. The molecule has 5 heteroatoms. The van der Waals surface area contributed by atoms with Gasteiger partial charge in [-0.15, -0.1) is 0 Å². The zero-order valence-electron chi connectivity index (χ0n) is 10.9. The summed E-state index contributed by atoms with van der Waals surface area (Å²) in [7, 11) is 0. The summed E-state index contributed by atoms with van der Waals surface area (Å²) in [5.41, 5.74) is 2.68. The molecule has 0 unspecified atom stereocenters. The number of aromatic hydroxyl groups is 1. The molecule has 104 valence electrons. The molecule has 0 fully saturated rings. The Bertz CT molecular complexity index is 658. The molecule has 2 aromatic rings. The Balaban J connectivity index is 1.80. The van der Waals surface area contributed by atoms with E-state index in [1.54, 1.807) is 12.1 Å². The van der Waals surface area contributed by atoms with Crippen molar-refractivity contribution in [1.82, 2.24) is 0 Å². The van der Waals surface area contributed by atoms with E-state index in [0.29, 0.717) is 23.1 Å². The summed E-state index contributed by atoms with van der Waals surface area (Å²) in [6, 6.07) is 9.10. The van der Waals surface area contributed by atoms with Crippen LogP contribution in [-0.2, 0) is 6.54 Å². The maximum Gasteiger partial charge on any atom is 0.231 e. The van der Waals surface area contributed by atoms with Crippen LogP contribution in [0.15, 0.2) is 30.3 Å². The van der Waals surface area contributed by atoms with Crippen LogP contribution >= 0.6 is 11.6 Å². The number of aryl methyl sites for hydroxylation is 1. The lowest BCUT2D eigenvalue weighted by molar-refractivity contribution is 0.174. The van der Waals surface area contributed by atoms with Gasteiger partial charge in [0, 0.05) is 18.2 Å². The van der Waals surface area contributed by atoms with Gasteiger partial charge >= 0.3 is 0 Å². The van der Waals surface area contributed by atoms with Crippen LogP contribution < -0.4 is 14.8 Å². The summed E-state index contributed by atoms with van der Waals surface area (Å²) in [6.07, 6.45) is 0. The largest absolute Gasteiger partial charge is 0.507 e. The van der Waals surface area contributed by atoms with E-state index < -0.39 is 0 Å². The van der Waals surface area contributed by atoms with Crippen LogP contribution in [0.4, 0.5) is 5.69 Å². The van der Waals surface area contributed by atoms with Crippen LogP contribution in [0.25, 0.3) is 0 Å². The van der Waals surface area contributed by atoms with Crippen molar-refractivity contribution in [1.29, 1.82) is 0 Å². The third-order valence-corrected chi connectivity index (χ3v) is 3.49. The highest BCUT2D eigenvalue weighted by molar-refractivity contribution is 6.33. The molecule has 2 aromatic carbocycles. The standard InChI is InChI=1S/C15H14ClNO3/c1-9-2-3-11(16)12(4-9)17-7-10-5-14-15(6-13(10)18)20-8-19-14/h2-6,17-18H,7-8H2,1H3. The van der Waals surface area contributed by atoms with Crippen LogP contribution in [0, 0.1) is 6.92 Å². The average Bonchev–Trinajstić information content (AvgIpc) is 2.86. The zero-order valence-corrected chi connectivity index (χ0v) is 11.7. The number of phenolic OH excluding ortho intramolecular Hbond substituents is 1. The lowest BCUT2D eigenvalue weighted by Crippen LogP contribution is -2.00. The minimum Gasteiger partial charge on any atom is -0.507 e. The Kier molecular flexibility index (Phi) is 3.32. The number of anilines is 1. The Morgan fingerprint density at radius 3 is 2.75 bits per heavy atom. The number of phenols is 1.